The third-order valence-electron chi connectivity index (χ3n) is 4.50. The molecule has 2 heterocycles. The summed E-state index contributed by atoms with van der Waals surface area (Å²) in [6.07, 6.45) is -2.03. The molecule has 23 heavy (non-hydrogen) atoms. The summed E-state index contributed by atoms with van der Waals surface area (Å²) < 4.78 is 1.55. The summed E-state index contributed by atoms with van der Waals surface area (Å²) in [5.74, 6) is 0. The van der Waals surface area contributed by atoms with Gasteiger partial charge < -0.3 is 25.7 Å². The zero-order valence-electron chi connectivity index (χ0n) is 13.6. The zero-order chi connectivity index (χ0) is 17.0. The van der Waals surface area contributed by atoms with Gasteiger partial charge in [-0.25, -0.2) is 4.68 Å². The highest BCUT2D eigenvalue weighted by Crippen LogP contribution is 2.17. The minimum Gasteiger partial charge on any atom is -0.395 e. The van der Waals surface area contributed by atoms with Gasteiger partial charge >= 0.3 is 0 Å². The second-order valence-electron chi connectivity index (χ2n) is 5.83. The molecule has 1 aliphatic heterocycles. The van der Waals surface area contributed by atoms with Crippen molar-refractivity contribution in [2.45, 2.75) is 57.8 Å². The smallest absolute Gasteiger partial charge is 0.102 e. The summed E-state index contributed by atoms with van der Waals surface area (Å²) >= 11 is 0. The Morgan fingerprint density at radius 1 is 1.13 bits per heavy atom. The van der Waals surface area contributed by atoms with Crippen LogP contribution in [0.15, 0.2) is 0 Å². The Morgan fingerprint density at radius 3 is 2.30 bits per heavy atom. The standard InChI is InChI=1S/C14H27N5O4/c1-3-18(4-2)5-9-12(8-21)19(17-16-9)6-10-13(22)14(23)11(7-20)15-10/h10-11,13-15,20-23H,3-8H2,1-2H3/t10-,11-,13-,14-/m1/s1. The minimum absolute atomic E-state index is 0.196. The van der Waals surface area contributed by atoms with Gasteiger partial charge in [-0.15, -0.1) is 5.10 Å². The van der Waals surface area contributed by atoms with Gasteiger partial charge in [-0.1, -0.05) is 19.1 Å². The van der Waals surface area contributed by atoms with Gasteiger partial charge in [0.05, 0.1) is 49.7 Å². The number of aliphatic hydroxyl groups excluding tert-OH is 4. The summed E-state index contributed by atoms with van der Waals surface area (Å²) in [7, 11) is 0. The van der Waals surface area contributed by atoms with Gasteiger partial charge in [-0.05, 0) is 13.1 Å². The monoisotopic (exact) mass is 329 g/mol. The minimum atomic E-state index is -1.03. The van der Waals surface area contributed by atoms with Crippen LogP contribution in [0.1, 0.15) is 25.2 Å². The van der Waals surface area contributed by atoms with Gasteiger partial charge in [-0.3, -0.25) is 4.90 Å². The van der Waals surface area contributed by atoms with Crippen molar-refractivity contribution < 1.29 is 20.4 Å². The van der Waals surface area contributed by atoms with Crippen molar-refractivity contribution in [2.24, 2.45) is 0 Å². The normalized spacial score (nSPS) is 28.0. The van der Waals surface area contributed by atoms with Crippen molar-refractivity contribution in [3.63, 3.8) is 0 Å². The Labute approximate surface area is 135 Å². The number of rotatable bonds is 8. The van der Waals surface area contributed by atoms with Crippen LogP contribution < -0.4 is 5.32 Å². The van der Waals surface area contributed by atoms with Crippen LogP contribution in [-0.2, 0) is 19.7 Å². The molecule has 0 saturated carbocycles. The molecule has 0 bridgehead atoms. The Bertz CT molecular complexity index is 494. The summed E-state index contributed by atoms with van der Waals surface area (Å²) in [5, 5.41) is 49.9. The predicted molar refractivity (Wildman–Crippen MR) is 82.4 cm³/mol. The molecule has 1 aromatic rings. The van der Waals surface area contributed by atoms with Crippen LogP contribution in [0.4, 0.5) is 0 Å². The molecule has 0 aliphatic carbocycles. The van der Waals surface area contributed by atoms with E-state index in [1.165, 1.54) is 0 Å². The van der Waals surface area contributed by atoms with Crippen molar-refractivity contribution in [3.8, 4) is 0 Å². The zero-order valence-corrected chi connectivity index (χ0v) is 13.6. The summed E-state index contributed by atoms with van der Waals surface area (Å²) in [4.78, 5) is 2.17. The lowest BCUT2D eigenvalue weighted by atomic mass is 10.1. The Morgan fingerprint density at radius 2 is 1.78 bits per heavy atom. The van der Waals surface area contributed by atoms with E-state index < -0.39 is 24.3 Å². The lowest BCUT2D eigenvalue weighted by Crippen LogP contribution is -2.38. The van der Waals surface area contributed by atoms with Crippen LogP contribution in [0.3, 0.4) is 0 Å². The van der Waals surface area contributed by atoms with E-state index in [2.05, 4.69) is 34.4 Å². The maximum atomic E-state index is 10.1. The largest absolute Gasteiger partial charge is 0.395 e. The molecule has 0 amide bonds. The molecule has 5 N–H and O–H groups in total. The van der Waals surface area contributed by atoms with Crippen molar-refractivity contribution in [3.05, 3.63) is 11.4 Å². The first-order chi connectivity index (χ1) is 11.0. The number of nitrogens with one attached hydrogen (secondary N) is 1. The third-order valence-corrected chi connectivity index (χ3v) is 4.50. The number of nitrogens with zero attached hydrogens (tertiary/aromatic N) is 4. The van der Waals surface area contributed by atoms with E-state index in [1.54, 1.807) is 4.68 Å². The fourth-order valence-corrected chi connectivity index (χ4v) is 2.93. The molecule has 1 fully saturated rings. The maximum absolute atomic E-state index is 10.1. The van der Waals surface area contributed by atoms with Crippen LogP contribution >= 0.6 is 0 Å². The molecule has 0 spiro atoms. The predicted octanol–water partition coefficient (Wildman–Crippen LogP) is -2.33. The number of hydrogen-bond acceptors (Lipinski definition) is 8. The van der Waals surface area contributed by atoms with E-state index >= 15 is 0 Å². The van der Waals surface area contributed by atoms with Crippen LogP contribution in [0.5, 0.6) is 0 Å². The lowest BCUT2D eigenvalue weighted by Gasteiger charge is -2.18. The Balaban J connectivity index is 2.10. The van der Waals surface area contributed by atoms with Crippen LogP contribution in [-0.4, -0.2) is 84.3 Å². The molecule has 0 radical (unpaired) electrons. The van der Waals surface area contributed by atoms with Crippen molar-refractivity contribution in [2.75, 3.05) is 19.7 Å². The molecule has 2 rings (SSSR count). The number of aromatic nitrogens is 3. The second kappa shape index (κ2) is 8.13. The van der Waals surface area contributed by atoms with E-state index in [4.69, 9.17) is 0 Å². The van der Waals surface area contributed by atoms with E-state index in [1.807, 2.05) is 0 Å². The Kier molecular flexibility index (Phi) is 6.45. The lowest BCUT2D eigenvalue weighted by molar-refractivity contribution is 0.0173. The highest BCUT2D eigenvalue weighted by atomic mass is 16.3. The second-order valence-corrected chi connectivity index (χ2v) is 5.83. The first kappa shape index (κ1) is 18.2. The van der Waals surface area contributed by atoms with Gasteiger partial charge in [0.1, 0.15) is 5.69 Å². The SMILES string of the molecule is CCN(CC)Cc1nnn(C[C@H]2N[C@H](CO)[C@@H](O)[C@@H]2O)c1CO. The first-order valence-electron chi connectivity index (χ1n) is 8.03. The van der Waals surface area contributed by atoms with Crippen LogP contribution in [0.2, 0.25) is 0 Å². The molecular formula is C14H27N5O4. The van der Waals surface area contributed by atoms with Gasteiger partial charge in [0.15, 0.2) is 0 Å². The average Bonchev–Trinajstić information content (AvgIpc) is 3.07. The van der Waals surface area contributed by atoms with Crippen LogP contribution in [0, 0.1) is 0 Å². The third kappa shape index (κ3) is 3.87. The highest BCUT2D eigenvalue weighted by molar-refractivity contribution is 5.10. The number of hydrogen-bond donors (Lipinski definition) is 5. The van der Waals surface area contributed by atoms with Crippen LogP contribution in [0.25, 0.3) is 0 Å². The molecule has 1 saturated heterocycles. The van der Waals surface area contributed by atoms with E-state index in [9.17, 15) is 20.4 Å². The van der Waals surface area contributed by atoms with Gasteiger partial charge in [0, 0.05) is 6.54 Å². The van der Waals surface area contributed by atoms with E-state index in [-0.39, 0.29) is 19.8 Å². The van der Waals surface area contributed by atoms with E-state index in [0.29, 0.717) is 17.9 Å². The van der Waals surface area contributed by atoms with Gasteiger partial charge in [-0.2, -0.15) is 0 Å². The van der Waals surface area contributed by atoms with Crippen molar-refractivity contribution in [1.82, 2.24) is 25.2 Å². The van der Waals surface area contributed by atoms with Crippen molar-refractivity contribution in [1.29, 1.82) is 0 Å². The molecule has 0 aromatic carbocycles. The van der Waals surface area contributed by atoms with E-state index in [0.717, 1.165) is 13.1 Å². The maximum Gasteiger partial charge on any atom is 0.102 e. The van der Waals surface area contributed by atoms with Gasteiger partial charge in [0.2, 0.25) is 0 Å². The van der Waals surface area contributed by atoms with Gasteiger partial charge in [0.25, 0.3) is 0 Å². The molecule has 1 aromatic heterocycles. The average molecular weight is 329 g/mol. The molecule has 132 valence electrons. The fourth-order valence-electron chi connectivity index (χ4n) is 2.93. The Hall–Kier alpha value is -1.10. The molecule has 0 unspecified atom stereocenters. The van der Waals surface area contributed by atoms with Crippen molar-refractivity contribution >= 4 is 0 Å². The molecule has 9 nitrogen and oxygen atoms in total. The quantitative estimate of drug-likeness (QED) is 0.359. The summed E-state index contributed by atoms with van der Waals surface area (Å²) in [6.45, 7) is 6.28. The molecule has 1 aliphatic rings. The molecule has 9 heteroatoms. The molecular weight excluding hydrogens is 302 g/mol. The first-order valence-corrected chi connectivity index (χ1v) is 8.03. The molecule has 4 atom stereocenters. The highest BCUT2D eigenvalue weighted by Gasteiger charge is 2.41. The number of aliphatic hydroxyl groups is 4. The topological polar surface area (TPSA) is 127 Å². The summed E-state index contributed by atoms with van der Waals surface area (Å²) in [6, 6.07) is -1.03. The summed E-state index contributed by atoms with van der Waals surface area (Å²) in [5.41, 5.74) is 1.32. The fraction of sp³-hybridized carbons (Fsp3) is 0.857.